The molecule has 0 radical (unpaired) electrons. The Bertz CT molecular complexity index is 355. The summed E-state index contributed by atoms with van der Waals surface area (Å²) in [6.07, 6.45) is 1.24. The molecule has 2 unspecified atom stereocenters. The Hall–Kier alpha value is -0.550. The van der Waals surface area contributed by atoms with E-state index in [0.717, 1.165) is 29.9 Å². The molecule has 3 nitrogen and oxygen atoms in total. The number of aliphatic hydroxyl groups is 2. The van der Waals surface area contributed by atoms with E-state index in [1.807, 2.05) is 24.3 Å². The van der Waals surface area contributed by atoms with Gasteiger partial charge in [0.15, 0.2) is 0 Å². The highest BCUT2D eigenvalue weighted by atomic mass is 32.2. The minimum atomic E-state index is -0.456. The Kier molecular flexibility index (Phi) is 8.14. The van der Waals surface area contributed by atoms with Crippen molar-refractivity contribution in [1.29, 1.82) is 0 Å². The Morgan fingerprint density at radius 1 is 1.32 bits per heavy atom. The van der Waals surface area contributed by atoms with E-state index < -0.39 is 12.2 Å². The summed E-state index contributed by atoms with van der Waals surface area (Å²) in [7, 11) is 0. The smallest absolute Gasteiger partial charge is 0.0867 e. The molecular formula is C15H24O3S. The van der Waals surface area contributed by atoms with Crippen molar-refractivity contribution in [3.63, 3.8) is 0 Å². The maximum atomic E-state index is 9.79. The maximum Gasteiger partial charge on any atom is 0.0867 e. The third kappa shape index (κ3) is 6.97. The molecule has 2 N–H and O–H groups in total. The van der Waals surface area contributed by atoms with Gasteiger partial charge in [0.05, 0.1) is 18.8 Å². The topological polar surface area (TPSA) is 49.7 Å². The fraction of sp³-hybridized carbons (Fsp3) is 0.600. The SMILES string of the molecule is CCCCOCC(O)CSc1cccc(C(C)O)c1. The average molecular weight is 284 g/mol. The Morgan fingerprint density at radius 3 is 2.79 bits per heavy atom. The molecule has 4 heteroatoms. The van der Waals surface area contributed by atoms with E-state index in [1.54, 1.807) is 18.7 Å². The molecule has 1 aromatic carbocycles. The number of aliphatic hydroxyl groups excluding tert-OH is 2. The number of thioether (sulfide) groups is 1. The first-order chi connectivity index (χ1) is 9.13. The summed E-state index contributed by atoms with van der Waals surface area (Å²) in [6, 6.07) is 7.77. The molecule has 0 aromatic heterocycles. The van der Waals surface area contributed by atoms with Gasteiger partial charge in [-0.2, -0.15) is 0 Å². The summed E-state index contributed by atoms with van der Waals surface area (Å²) in [5.41, 5.74) is 0.902. The van der Waals surface area contributed by atoms with Crippen molar-refractivity contribution in [2.24, 2.45) is 0 Å². The number of hydrogen-bond donors (Lipinski definition) is 2. The van der Waals surface area contributed by atoms with Crippen LogP contribution < -0.4 is 0 Å². The van der Waals surface area contributed by atoms with Gasteiger partial charge in [0.1, 0.15) is 0 Å². The second kappa shape index (κ2) is 9.37. The van der Waals surface area contributed by atoms with E-state index in [0.29, 0.717) is 12.4 Å². The molecule has 0 aliphatic heterocycles. The predicted octanol–water partition coefficient (Wildman–Crippen LogP) is 3.01. The lowest BCUT2D eigenvalue weighted by Gasteiger charge is -2.12. The quantitative estimate of drug-likeness (QED) is 0.540. The number of hydrogen-bond acceptors (Lipinski definition) is 4. The lowest BCUT2D eigenvalue weighted by molar-refractivity contribution is 0.0473. The highest BCUT2D eigenvalue weighted by molar-refractivity contribution is 7.99. The molecule has 0 aliphatic carbocycles. The zero-order valence-electron chi connectivity index (χ0n) is 11.7. The molecular weight excluding hydrogens is 260 g/mol. The Labute approximate surface area is 120 Å². The van der Waals surface area contributed by atoms with Gasteiger partial charge in [0, 0.05) is 17.3 Å². The van der Waals surface area contributed by atoms with Crippen molar-refractivity contribution in [3.8, 4) is 0 Å². The first-order valence-corrected chi connectivity index (χ1v) is 7.78. The van der Waals surface area contributed by atoms with E-state index >= 15 is 0 Å². The third-order valence-electron chi connectivity index (χ3n) is 2.74. The van der Waals surface area contributed by atoms with Crippen LogP contribution in [0.25, 0.3) is 0 Å². The Balaban J connectivity index is 2.29. The van der Waals surface area contributed by atoms with Crippen molar-refractivity contribution in [2.75, 3.05) is 19.0 Å². The van der Waals surface area contributed by atoms with Gasteiger partial charge in [-0.05, 0) is 31.0 Å². The van der Waals surface area contributed by atoms with Gasteiger partial charge in [0.25, 0.3) is 0 Å². The first-order valence-electron chi connectivity index (χ1n) is 6.80. The number of unbranched alkanes of at least 4 members (excludes halogenated alkanes) is 1. The molecule has 0 fully saturated rings. The molecule has 0 aliphatic rings. The molecule has 108 valence electrons. The number of ether oxygens (including phenoxy) is 1. The minimum absolute atomic E-state index is 0.392. The van der Waals surface area contributed by atoms with Crippen molar-refractivity contribution in [1.82, 2.24) is 0 Å². The monoisotopic (exact) mass is 284 g/mol. The summed E-state index contributed by atoms with van der Waals surface area (Å²) in [6.45, 7) is 4.98. The van der Waals surface area contributed by atoms with Crippen LogP contribution in [0.5, 0.6) is 0 Å². The number of rotatable bonds is 9. The van der Waals surface area contributed by atoms with Crippen LogP contribution in [0, 0.1) is 0 Å². The predicted molar refractivity (Wildman–Crippen MR) is 79.5 cm³/mol. The van der Waals surface area contributed by atoms with Gasteiger partial charge < -0.3 is 14.9 Å². The van der Waals surface area contributed by atoms with E-state index in [1.165, 1.54) is 0 Å². The lowest BCUT2D eigenvalue weighted by Crippen LogP contribution is -2.18. The lowest BCUT2D eigenvalue weighted by atomic mass is 10.1. The number of benzene rings is 1. The van der Waals surface area contributed by atoms with Gasteiger partial charge in [-0.25, -0.2) is 0 Å². The third-order valence-corrected chi connectivity index (χ3v) is 3.87. The van der Waals surface area contributed by atoms with Gasteiger partial charge in [-0.3, -0.25) is 0 Å². The van der Waals surface area contributed by atoms with E-state index in [2.05, 4.69) is 6.92 Å². The van der Waals surface area contributed by atoms with E-state index in [-0.39, 0.29) is 0 Å². The van der Waals surface area contributed by atoms with Crippen molar-refractivity contribution in [2.45, 2.75) is 43.8 Å². The van der Waals surface area contributed by atoms with Crippen molar-refractivity contribution >= 4 is 11.8 Å². The van der Waals surface area contributed by atoms with Gasteiger partial charge in [-0.1, -0.05) is 25.5 Å². The molecule has 0 saturated carbocycles. The van der Waals surface area contributed by atoms with Gasteiger partial charge >= 0.3 is 0 Å². The Morgan fingerprint density at radius 2 is 2.11 bits per heavy atom. The van der Waals surface area contributed by atoms with Crippen LogP contribution in [0.4, 0.5) is 0 Å². The van der Waals surface area contributed by atoms with Crippen LogP contribution in [-0.2, 0) is 4.74 Å². The highest BCUT2D eigenvalue weighted by Gasteiger charge is 2.07. The maximum absolute atomic E-state index is 9.79. The van der Waals surface area contributed by atoms with Crippen molar-refractivity contribution < 1.29 is 14.9 Å². The van der Waals surface area contributed by atoms with E-state index in [4.69, 9.17) is 4.74 Å². The van der Waals surface area contributed by atoms with Gasteiger partial charge in [0.2, 0.25) is 0 Å². The second-order valence-corrected chi connectivity index (χ2v) is 5.74. The highest BCUT2D eigenvalue weighted by Crippen LogP contribution is 2.22. The molecule has 0 amide bonds. The fourth-order valence-corrected chi connectivity index (χ4v) is 2.45. The molecule has 0 saturated heterocycles. The average Bonchev–Trinajstić information content (AvgIpc) is 2.41. The van der Waals surface area contributed by atoms with Crippen LogP contribution in [0.2, 0.25) is 0 Å². The summed E-state index contributed by atoms with van der Waals surface area (Å²) in [4.78, 5) is 1.06. The zero-order valence-corrected chi connectivity index (χ0v) is 12.5. The van der Waals surface area contributed by atoms with E-state index in [9.17, 15) is 10.2 Å². The van der Waals surface area contributed by atoms with Crippen LogP contribution in [0.15, 0.2) is 29.2 Å². The summed E-state index contributed by atoms with van der Waals surface area (Å²) in [5, 5.41) is 19.3. The van der Waals surface area contributed by atoms with Gasteiger partial charge in [-0.15, -0.1) is 11.8 Å². The molecule has 19 heavy (non-hydrogen) atoms. The summed E-state index contributed by atoms with van der Waals surface area (Å²) < 4.78 is 5.38. The van der Waals surface area contributed by atoms with Crippen LogP contribution >= 0.6 is 11.8 Å². The summed E-state index contributed by atoms with van der Waals surface area (Å²) in [5.74, 6) is 0.607. The van der Waals surface area contributed by atoms with Crippen LogP contribution in [-0.4, -0.2) is 35.3 Å². The minimum Gasteiger partial charge on any atom is -0.390 e. The normalized spacial score (nSPS) is 14.3. The molecule has 0 heterocycles. The van der Waals surface area contributed by atoms with Crippen LogP contribution in [0.3, 0.4) is 0 Å². The van der Waals surface area contributed by atoms with Crippen LogP contribution in [0.1, 0.15) is 38.4 Å². The first kappa shape index (κ1) is 16.5. The second-order valence-electron chi connectivity index (χ2n) is 4.64. The molecule has 2 atom stereocenters. The van der Waals surface area contributed by atoms with Crippen molar-refractivity contribution in [3.05, 3.63) is 29.8 Å². The summed E-state index contributed by atoms with van der Waals surface area (Å²) >= 11 is 1.58. The standard InChI is InChI=1S/C15H24O3S/c1-3-4-8-18-10-14(17)11-19-15-7-5-6-13(9-15)12(2)16/h5-7,9,12,14,16-17H,3-4,8,10-11H2,1-2H3. The fourth-order valence-electron chi connectivity index (χ4n) is 1.57. The zero-order chi connectivity index (χ0) is 14.1. The molecule has 1 rings (SSSR count). The largest absolute Gasteiger partial charge is 0.390 e. The molecule has 1 aromatic rings. The molecule has 0 spiro atoms. The molecule has 0 bridgehead atoms.